The second-order valence-electron chi connectivity index (χ2n) is 14.0. The topological polar surface area (TPSA) is 0 Å². The molecule has 0 aliphatic heterocycles. The quantitative estimate of drug-likeness (QED) is 0.0912. The lowest BCUT2D eigenvalue weighted by molar-refractivity contribution is 0.447. The van der Waals surface area contributed by atoms with Gasteiger partial charge in [0.05, 0.1) is 0 Å². The number of unbranched alkanes of at least 4 members (excludes halogenated alkanes) is 1. The average molecular weight is 753 g/mol. The fourth-order valence-electron chi connectivity index (χ4n) is 6.74. The Labute approximate surface area is 327 Å². The van der Waals surface area contributed by atoms with E-state index in [4.69, 9.17) is 0 Å². The SMILES string of the molecule is CCCCc1ccc(-c2ccc(-c3ccc(CC)cc3)c(F)c2)cc1.CCCc1ccc(-c2ccc(-c3ccc(-c4cc(F)c(F)c(F)c4)c(F)c3)cc2)cc1. The van der Waals surface area contributed by atoms with E-state index in [1.165, 1.54) is 41.7 Å². The zero-order valence-electron chi connectivity index (χ0n) is 32.0. The number of halogens is 5. The first-order valence-corrected chi connectivity index (χ1v) is 19.3. The molecule has 0 N–H and O–H groups in total. The van der Waals surface area contributed by atoms with E-state index in [1.807, 2.05) is 48.5 Å². The standard InChI is InChI=1S/C27H20F4.C24H25F/c1-2-3-17-4-6-18(7-5-17)19-8-10-20(11-9-19)21-12-13-23(24(28)14-21)22-15-25(29)27(31)26(30)16-22;1-3-5-6-19-9-11-20(12-10-19)22-15-16-23(24(25)17-22)21-13-7-18(4-2)8-14-21/h4-16H,2-3H2,1H3;7-17H,3-6H2,1-2H3. The molecule has 56 heavy (non-hydrogen) atoms. The first-order chi connectivity index (χ1) is 27.2. The zero-order valence-corrected chi connectivity index (χ0v) is 32.0. The van der Waals surface area contributed by atoms with Crippen molar-refractivity contribution in [1.82, 2.24) is 0 Å². The van der Waals surface area contributed by atoms with Crippen molar-refractivity contribution in [1.29, 1.82) is 0 Å². The number of hydrogen-bond donors (Lipinski definition) is 0. The van der Waals surface area contributed by atoms with Gasteiger partial charge < -0.3 is 0 Å². The Hall–Kier alpha value is -5.81. The minimum absolute atomic E-state index is 0.00494. The lowest BCUT2D eigenvalue weighted by atomic mass is 9.97. The molecule has 7 rings (SSSR count). The molecule has 0 aliphatic rings. The molecule has 0 fully saturated rings. The lowest BCUT2D eigenvalue weighted by Gasteiger charge is -2.09. The predicted octanol–water partition coefficient (Wildman–Crippen LogP) is 15.3. The van der Waals surface area contributed by atoms with Gasteiger partial charge in [-0.3, -0.25) is 0 Å². The maximum atomic E-state index is 14.7. The van der Waals surface area contributed by atoms with Crippen LogP contribution in [-0.4, -0.2) is 0 Å². The van der Waals surface area contributed by atoms with Crippen LogP contribution in [0.25, 0.3) is 55.6 Å². The normalized spacial score (nSPS) is 10.9. The molecular weight excluding hydrogens is 708 g/mol. The number of benzene rings is 7. The Bertz CT molecular complexity index is 2340. The number of rotatable bonds is 11. The van der Waals surface area contributed by atoms with Crippen LogP contribution in [-0.2, 0) is 19.3 Å². The molecule has 0 saturated heterocycles. The second-order valence-corrected chi connectivity index (χ2v) is 14.0. The molecule has 7 aromatic rings. The van der Waals surface area contributed by atoms with Gasteiger partial charge in [-0.25, -0.2) is 22.0 Å². The van der Waals surface area contributed by atoms with Crippen LogP contribution in [0, 0.1) is 29.1 Å². The zero-order chi connectivity index (χ0) is 39.6. The highest BCUT2D eigenvalue weighted by Gasteiger charge is 2.15. The van der Waals surface area contributed by atoms with Gasteiger partial charge in [0.15, 0.2) is 17.5 Å². The van der Waals surface area contributed by atoms with Crippen LogP contribution in [0.1, 0.15) is 56.7 Å². The van der Waals surface area contributed by atoms with Crippen molar-refractivity contribution >= 4 is 0 Å². The highest BCUT2D eigenvalue weighted by atomic mass is 19.2. The van der Waals surface area contributed by atoms with Crippen LogP contribution in [0.2, 0.25) is 0 Å². The highest BCUT2D eigenvalue weighted by Crippen LogP contribution is 2.32. The van der Waals surface area contributed by atoms with Crippen LogP contribution in [0.3, 0.4) is 0 Å². The molecule has 0 spiro atoms. The third-order valence-electron chi connectivity index (χ3n) is 10.1. The smallest absolute Gasteiger partial charge is 0.194 e. The summed E-state index contributed by atoms with van der Waals surface area (Å²) in [5.41, 5.74) is 11.1. The molecule has 0 saturated carbocycles. The first-order valence-electron chi connectivity index (χ1n) is 19.3. The molecule has 0 nitrogen and oxygen atoms in total. The van der Waals surface area contributed by atoms with Crippen molar-refractivity contribution in [3.8, 4) is 55.6 Å². The van der Waals surface area contributed by atoms with Gasteiger partial charge in [0.25, 0.3) is 0 Å². The van der Waals surface area contributed by atoms with Gasteiger partial charge in [0, 0.05) is 11.1 Å². The summed E-state index contributed by atoms with van der Waals surface area (Å²) in [6.07, 6.45) is 6.67. The summed E-state index contributed by atoms with van der Waals surface area (Å²) in [7, 11) is 0. The van der Waals surface area contributed by atoms with Crippen LogP contribution in [0.4, 0.5) is 22.0 Å². The third kappa shape index (κ3) is 9.70. The Morgan fingerprint density at radius 1 is 0.321 bits per heavy atom. The molecule has 0 bridgehead atoms. The van der Waals surface area contributed by atoms with E-state index in [9.17, 15) is 22.0 Å². The van der Waals surface area contributed by atoms with Crippen LogP contribution in [0.15, 0.2) is 146 Å². The largest absolute Gasteiger partial charge is 0.206 e. The maximum absolute atomic E-state index is 14.7. The van der Waals surface area contributed by atoms with Crippen molar-refractivity contribution in [3.63, 3.8) is 0 Å². The molecule has 0 radical (unpaired) electrons. The molecular formula is C51H45F5. The van der Waals surface area contributed by atoms with Gasteiger partial charge in [0.2, 0.25) is 0 Å². The molecule has 284 valence electrons. The monoisotopic (exact) mass is 752 g/mol. The average Bonchev–Trinajstić information content (AvgIpc) is 3.23. The summed E-state index contributed by atoms with van der Waals surface area (Å²) >= 11 is 0. The number of hydrogen-bond acceptors (Lipinski definition) is 0. The van der Waals surface area contributed by atoms with Gasteiger partial charge in [-0.05, 0) is 111 Å². The summed E-state index contributed by atoms with van der Waals surface area (Å²) in [6.45, 7) is 6.48. The molecule has 0 amide bonds. The fraction of sp³-hybridized carbons (Fsp3) is 0.176. The molecule has 0 unspecified atom stereocenters. The first kappa shape index (κ1) is 39.9. The van der Waals surface area contributed by atoms with Crippen LogP contribution in [0.5, 0.6) is 0 Å². The van der Waals surface area contributed by atoms with E-state index in [2.05, 4.69) is 81.4 Å². The van der Waals surface area contributed by atoms with E-state index in [-0.39, 0.29) is 16.9 Å². The van der Waals surface area contributed by atoms with E-state index < -0.39 is 23.3 Å². The predicted molar refractivity (Wildman–Crippen MR) is 222 cm³/mol. The van der Waals surface area contributed by atoms with Gasteiger partial charge >= 0.3 is 0 Å². The van der Waals surface area contributed by atoms with Crippen LogP contribution >= 0.6 is 0 Å². The molecule has 0 heterocycles. The van der Waals surface area contributed by atoms with Crippen molar-refractivity contribution in [3.05, 3.63) is 191 Å². The lowest BCUT2D eigenvalue weighted by Crippen LogP contribution is -1.94. The highest BCUT2D eigenvalue weighted by molar-refractivity contribution is 5.74. The second kappa shape index (κ2) is 18.7. The van der Waals surface area contributed by atoms with E-state index >= 15 is 0 Å². The van der Waals surface area contributed by atoms with Gasteiger partial charge in [-0.2, -0.15) is 0 Å². The summed E-state index contributed by atoms with van der Waals surface area (Å²) in [4.78, 5) is 0. The molecule has 0 atom stereocenters. The molecule has 7 aromatic carbocycles. The molecule has 0 aliphatic carbocycles. The fourth-order valence-corrected chi connectivity index (χ4v) is 6.74. The Morgan fingerprint density at radius 3 is 1.11 bits per heavy atom. The maximum Gasteiger partial charge on any atom is 0.194 e. The van der Waals surface area contributed by atoms with Crippen molar-refractivity contribution in [2.45, 2.75) is 59.3 Å². The summed E-state index contributed by atoms with van der Waals surface area (Å²) < 4.78 is 69.5. The van der Waals surface area contributed by atoms with E-state index in [0.717, 1.165) is 71.2 Å². The minimum atomic E-state index is -1.57. The Kier molecular flexibility index (Phi) is 13.3. The third-order valence-corrected chi connectivity index (χ3v) is 10.1. The summed E-state index contributed by atoms with van der Waals surface area (Å²) in [5, 5.41) is 0. The molecule has 0 aromatic heterocycles. The minimum Gasteiger partial charge on any atom is -0.206 e. The Balaban J connectivity index is 0.000000194. The van der Waals surface area contributed by atoms with Gasteiger partial charge in [-0.1, -0.05) is 155 Å². The van der Waals surface area contributed by atoms with Gasteiger partial charge in [0.1, 0.15) is 11.6 Å². The van der Waals surface area contributed by atoms with Crippen molar-refractivity contribution < 1.29 is 22.0 Å². The number of aryl methyl sites for hydroxylation is 3. The van der Waals surface area contributed by atoms with Gasteiger partial charge in [-0.15, -0.1) is 0 Å². The van der Waals surface area contributed by atoms with Crippen LogP contribution < -0.4 is 0 Å². The Morgan fingerprint density at radius 2 is 0.679 bits per heavy atom. The molecule has 5 heteroatoms. The summed E-state index contributed by atoms with van der Waals surface area (Å²) in [5.74, 6) is -5.08. The van der Waals surface area contributed by atoms with E-state index in [1.54, 1.807) is 12.1 Å². The summed E-state index contributed by atoms with van der Waals surface area (Å²) in [6, 6.07) is 44.4. The van der Waals surface area contributed by atoms with E-state index in [0.29, 0.717) is 11.1 Å². The van der Waals surface area contributed by atoms with Crippen molar-refractivity contribution in [2.24, 2.45) is 0 Å². The van der Waals surface area contributed by atoms with Crippen molar-refractivity contribution in [2.75, 3.05) is 0 Å².